The van der Waals surface area contributed by atoms with Crippen LogP contribution in [0, 0.1) is 22.9 Å². The van der Waals surface area contributed by atoms with E-state index in [2.05, 4.69) is 20.8 Å². The van der Waals surface area contributed by atoms with Crippen LogP contribution >= 0.6 is 0 Å². The summed E-state index contributed by atoms with van der Waals surface area (Å²) in [6.07, 6.45) is 0. The van der Waals surface area contributed by atoms with Gasteiger partial charge in [-0.2, -0.15) is 0 Å². The number of likely N-dealkylation sites (N-methyl/N-ethyl adjacent to an activating group) is 1. The summed E-state index contributed by atoms with van der Waals surface area (Å²) in [4.78, 5) is 1.92. The van der Waals surface area contributed by atoms with Crippen LogP contribution < -0.4 is 5.73 Å². The van der Waals surface area contributed by atoms with E-state index in [1.807, 2.05) is 11.9 Å². The zero-order valence-corrected chi connectivity index (χ0v) is 11.8. The lowest BCUT2D eigenvalue weighted by molar-refractivity contribution is 0.175. The van der Waals surface area contributed by atoms with E-state index >= 15 is 0 Å². The smallest absolute Gasteiger partial charge is 0.194 e. The molecule has 0 fully saturated rings. The number of hydrogen-bond acceptors (Lipinski definition) is 2. The second-order valence-electron chi connectivity index (χ2n) is 6.03. The Hall–Kier alpha value is -1.07. The molecule has 1 unspecified atom stereocenters. The van der Waals surface area contributed by atoms with Gasteiger partial charge in [0.05, 0.1) is 0 Å². The molecule has 0 aliphatic rings. The third-order valence-electron chi connectivity index (χ3n) is 2.87. The average molecular weight is 274 g/mol. The van der Waals surface area contributed by atoms with Gasteiger partial charge >= 0.3 is 0 Å². The van der Waals surface area contributed by atoms with Crippen molar-refractivity contribution in [3.05, 3.63) is 35.1 Å². The summed E-state index contributed by atoms with van der Waals surface area (Å²) in [5, 5.41) is 0. The first-order valence-electron chi connectivity index (χ1n) is 6.20. The Labute approximate surface area is 112 Å². The van der Waals surface area contributed by atoms with E-state index in [-0.39, 0.29) is 18.0 Å². The Kier molecular flexibility index (Phi) is 4.98. The van der Waals surface area contributed by atoms with E-state index < -0.39 is 17.5 Å². The van der Waals surface area contributed by atoms with Crippen molar-refractivity contribution in [1.29, 1.82) is 0 Å². The fraction of sp³-hybridized carbons (Fsp3) is 0.571. The zero-order valence-electron chi connectivity index (χ0n) is 11.8. The Morgan fingerprint density at radius 1 is 1.16 bits per heavy atom. The largest absolute Gasteiger partial charge is 0.329 e. The minimum absolute atomic E-state index is 0.0271. The summed E-state index contributed by atoms with van der Waals surface area (Å²) < 4.78 is 39.5. The van der Waals surface area contributed by atoms with Crippen molar-refractivity contribution < 1.29 is 13.2 Å². The van der Waals surface area contributed by atoms with Crippen molar-refractivity contribution >= 4 is 0 Å². The summed E-state index contributed by atoms with van der Waals surface area (Å²) in [5.74, 6) is -3.81. The van der Waals surface area contributed by atoms with Gasteiger partial charge in [-0.05, 0) is 30.2 Å². The molecule has 1 atom stereocenters. The van der Waals surface area contributed by atoms with Crippen molar-refractivity contribution in [2.45, 2.75) is 26.8 Å². The molecule has 0 saturated heterocycles. The number of nitrogens with two attached hydrogens (primary N) is 1. The van der Waals surface area contributed by atoms with Gasteiger partial charge in [0, 0.05) is 19.1 Å². The topological polar surface area (TPSA) is 29.3 Å². The van der Waals surface area contributed by atoms with Crippen LogP contribution in [0.5, 0.6) is 0 Å². The quantitative estimate of drug-likeness (QED) is 0.855. The van der Waals surface area contributed by atoms with Crippen molar-refractivity contribution in [3.63, 3.8) is 0 Å². The standard InChI is InChI=1S/C14H21F3N2/c1-14(2,3)8-19(4)12(7-18)9-5-10(15)13(17)11(16)6-9/h5-6,12H,7-8,18H2,1-4H3. The van der Waals surface area contributed by atoms with Crippen LogP contribution in [0.1, 0.15) is 32.4 Å². The second-order valence-corrected chi connectivity index (χ2v) is 6.03. The number of benzene rings is 1. The molecular weight excluding hydrogens is 253 g/mol. The molecule has 1 rings (SSSR count). The predicted octanol–water partition coefficient (Wildman–Crippen LogP) is 3.08. The summed E-state index contributed by atoms with van der Waals surface area (Å²) in [6, 6.07) is 1.67. The van der Waals surface area contributed by atoms with Crippen LogP contribution in [0.4, 0.5) is 13.2 Å². The number of hydrogen-bond donors (Lipinski definition) is 1. The molecule has 0 aliphatic carbocycles. The lowest BCUT2D eigenvalue weighted by Crippen LogP contribution is -2.36. The molecule has 0 bridgehead atoms. The maximum Gasteiger partial charge on any atom is 0.194 e. The molecule has 0 heterocycles. The van der Waals surface area contributed by atoms with E-state index in [0.717, 1.165) is 12.1 Å². The van der Waals surface area contributed by atoms with Gasteiger partial charge in [0.2, 0.25) is 0 Å². The molecule has 0 amide bonds. The van der Waals surface area contributed by atoms with Gasteiger partial charge in [-0.3, -0.25) is 4.90 Å². The van der Waals surface area contributed by atoms with Crippen molar-refractivity contribution in [3.8, 4) is 0 Å². The van der Waals surface area contributed by atoms with Gasteiger partial charge < -0.3 is 5.73 Å². The Bertz CT molecular complexity index is 418. The van der Waals surface area contributed by atoms with E-state index in [4.69, 9.17) is 5.73 Å². The first-order chi connectivity index (χ1) is 8.65. The van der Waals surface area contributed by atoms with Crippen molar-refractivity contribution in [2.24, 2.45) is 11.1 Å². The highest BCUT2D eigenvalue weighted by atomic mass is 19.2. The van der Waals surface area contributed by atoms with Gasteiger partial charge in [0.1, 0.15) is 0 Å². The predicted molar refractivity (Wildman–Crippen MR) is 70.2 cm³/mol. The number of rotatable bonds is 4. The third kappa shape index (κ3) is 4.21. The minimum Gasteiger partial charge on any atom is -0.329 e. The fourth-order valence-electron chi connectivity index (χ4n) is 2.20. The highest BCUT2D eigenvalue weighted by Crippen LogP contribution is 2.25. The van der Waals surface area contributed by atoms with E-state index in [9.17, 15) is 13.2 Å². The van der Waals surface area contributed by atoms with Gasteiger partial charge in [0.15, 0.2) is 17.5 Å². The summed E-state index contributed by atoms with van der Waals surface area (Å²) in [7, 11) is 1.84. The van der Waals surface area contributed by atoms with Gasteiger partial charge in [-0.1, -0.05) is 20.8 Å². The Morgan fingerprint density at radius 2 is 1.63 bits per heavy atom. The molecule has 0 aromatic heterocycles. The minimum atomic E-state index is -1.45. The van der Waals surface area contributed by atoms with Crippen LogP contribution in [0.15, 0.2) is 12.1 Å². The van der Waals surface area contributed by atoms with Crippen LogP contribution in [-0.2, 0) is 0 Å². The molecule has 108 valence electrons. The maximum absolute atomic E-state index is 13.3. The molecular formula is C14H21F3N2. The van der Waals surface area contributed by atoms with Gasteiger partial charge in [-0.25, -0.2) is 13.2 Å². The molecule has 0 saturated carbocycles. The maximum atomic E-state index is 13.3. The molecule has 0 radical (unpaired) electrons. The van der Waals surface area contributed by atoms with Gasteiger partial charge in [0.25, 0.3) is 0 Å². The normalized spacial score (nSPS) is 13.9. The molecule has 2 nitrogen and oxygen atoms in total. The lowest BCUT2D eigenvalue weighted by atomic mass is 9.94. The number of halogens is 3. The number of nitrogens with zero attached hydrogens (tertiary/aromatic N) is 1. The van der Waals surface area contributed by atoms with Crippen LogP contribution in [0.3, 0.4) is 0 Å². The fourth-order valence-corrected chi connectivity index (χ4v) is 2.20. The van der Waals surface area contributed by atoms with E-state index in [1.165, 1.54) is 0 Å². The summed E-state index contributed by atoms with van der Waals surface area (Å²) >= 11 is 0. The first kappa shape index (κ1) is 16.0. The third-order valence-corrected chi connectivity index (χ3v) is 2.87. The monoisotopic (exact) mass is 274 g/mol. The lowest BCUT2D eigenvalue weighted by Gasteiger charge is -2.33. The highest BCUT2D eigenvalue weighted by molar-refractivity contribution is 5.23. The molecule has 2 N–H and O–H groups in total. The average Bonchev–Trinajstić information content (AvgIpc) is 2.24. The molecule has 1 aromatic carbocycles. The van der Waals surface area contributed by atoms with E-state index in [0.29, 0.717) is 12.1 Å². The molecule has 19 heavy (non-hydrogen) atoms. The van der Waals surface area contributed by atoms with Crippen LogP contribution in [-0.4, -0.2) is 25.0 Å². The second kappa shape index (κ2) is 5.92. The Balaban J connectivity index is 3.03. The zero-order chi connectivity index (χ0) is 14.8. The SMILES string of the molecule is CN(CC(C)(C)C)C(CN)c1cc(F)c(F)c(F)c1. The Morgan fingerprint density at radius 3 is 2.00 bits per heavy atom. The summed E-state index contributed by atoms with van der Waals surface area (Å²) in [5.41, 5.74) is 6.06. The van der Waals surface area contributed by atoms with E-state index in [1.54, 1.807) is 0 Å². The van der Waals surface area contributed by atoms with Crippen LogP contribution in [0.25, 0.3) is 0 Å². The highest BCUT2D eigenvalue weighted by Gasteiger charge is 2.23. The molecule has 0 aliphatic heterocycles. The molecule has 0 spiro atoms. The first-order valence-corrected chi connectivity index (χ1v) is 6.20. The van der Waals surface area contributed by atoms with Crippen molar-refractivity contribution in [1.82, 2.24) is 4.90 Å². The summed E-state index contributed by atoms with van der Waals surface area (Å²) in [6.45, 7) is 7.08. The molecule has 5 heteroatoms. The van der Waals surface area contributed by atoms with Crippen LogP contribution in [0.2, 0.25) is 0 Å². The molecule has 1 aromatic rings. The van der Waals surface area contributed by atoms with Gasteiger partial charge in [-0.15, -0.1) is 0 Å². The van der Waals surface area contributed by atoms with Crippen molar-refractivity contribution in [2.75, 3.05) is 20.1 Å².